The molecule has 0 spiro atoms. The summed E-state index contributed by atoms with van der Waals surface area (Å²) in [6, 6.07) is 0. The minimum Gasteiger partial charge on any atom is -0.393 e. The summed E-state index contributed by atoms with van der Waals surface area (Å²) in [5.41, 5.74) is 5.90. The van der Waals surface area contributed by atoms with Crippen molar-refractivity contribution in [3.8, 4) is 0 Å². The zero-order valence-corrected chi connectivity index (χ0v) is 9.51. The van der Waals surface area contributed by atoms with Crippen molar-refractivity contribution in [1.29, 1.82) is 0 Å². The highest BCUT2D eigenvalue weighted by Crippen LogP contribution is 2.34. The van der Waals surface area contributed by atoms with Crippen LogP contribution in [0.4, 0.5) is 5.69 Å². The summed E-state index contributed by atoms with van der Waals surface area (Å²) in [6.45, 7) is 0. The predicted molar refractivity (Wildman–Crippen MR) is 56.6 cm³/mol. The van der Waals surface area contributed by atoms with Crippen LogP contribution >= 0.6 is 11.6 Å². The summed E-state index contributed by atoms with van der Waals surface area (Å²) in [5, 5.41) is 3.61. The van der Waals surface area contributed by atoms with Crippen molar-refractivity contribution < 1.29 is 12.9 Å². The van der Waals surface area contributed by atoms with Gasteiger partial charge in [0.1, 0.15) is 5.69 Å². The van der Waals surface area contributed by atoms with E-state index in [1.54, 1.807) is 0 Å². The van der Waals surface area contributed by atoms with Gasteiger partial charge in [0.15, 0.2) is 20.8 Å². The van der Waals surface area contributed by atoms with E-state index in [4.69, 9.17) is 21.9 Å². The lowest BCUT2D eigenvalue weighted by Crippen LogP contribution is -2.23. The molecule has 0 bridgehead atoms. The predicted octanol–water partition coefficient (Wildman–Crippen LogP) is 1.20. The molecule has 0 radical (unpaired) electrons. The molecule has 1 aliphatic rings. The Bertz CT molecular complexity index is 468. The lowest BCUT2D eigenvalue weighted by atomic mass is 10.0. The maximum Gasteiger partial charge on any atom is 0.195 e. The smallest absolute Gasteiger partial charge is 0.195 e. The molecule has 1 atom stereocenters. The lowest BCUT2D eigenvalue weighted by Gasteiger charge is -2.19. The standard InChI is InChI=1S/C8H11ClN2O3S/c9-8-6(10)7(14-11-8)5-2-1-3-15(12,13)4-5/h5H,1-4,10H2. The van der Waals surface area contributed by atoms with Crippen LogP contribution in [0.25, 0.3) is 0 Å². The molecule has 84 valence electrons. The van der Waals surface area contributed by atoms with E-state index >= 15 is 0 Å². The van der Waals surface area contributed by atoms with Crippen molar-refractivity contribution in [2.75, 3.05) is 17.2 Å². The van der Waals surface area contributed by atoms with Crippen LogP contribution in [0.3, 0.4) is 0 Å². The van der Waals surface area contributed by atoms with Crippen LogP contribution in [-0.2, 0) is 9.84 Å². The number of nitrogens with zero attached hydrogens (tertiary/aromatic N) is 1. The van der Waals surface area contributed by atoms with Gasteiger partial charge in [0.2, 0.25) is 0 Å². The second-order valence-corrected chi connectivity index (χ2v) is 6.29. The SMILES string of the molecule is Nc1c(Cl)noc1C1CCCS(=O)(=O)C1. The molecule has 5 nitrogen and oxygen atoms in total. The molecule has 0 aliphatic carbocycles. The Kier molecular flexibility index (Phi) is 2.64. The maximum absolute atomic E-state index is 11.4. The Morgan fingerprint density at radius 2 is 2.27 bits per heavy atom. The number of hydrogen-bond acceptors (Lipinski definition) is 5. The number of anilines is 1. The molecule has 1 aromatic heterocycles. The van der Waals surface area contributed by atoms with E-state index in [1.165, 1.54) is 0 Å². The highest BCUT2D eigenvalue weighted by atomic mass is 35.5. The van der Waals surface area contributed by atoms with Gasteiger partial charge in [-0.15, -0.1) is 0 Å². The van der Waals surface area contributed by atoms with Crippen molar-refractivity contribution in [2.24, 2.45) is 0 Å². The summed E-state index contributed by atoms with van der Waals surface area (Å²) in [5.74, 6) is 0.514. The summed E-state index contributed by atoms with van der Waals surface area (Å²) in [6.07, 6.45) is 1.37. The average Bonchev–Trinajstić information content (AvgIpc) is 2.46. The van der Waals surface area contributed by atoms with E-state index in [1.807, 2.05) is 0 Å². The molecule has 1 fully saturated rings. The first-order chi connectivity index (χ1) is 6.99. The van der Waals surface area contributed by atoms with Crippen LogP contribution in [0.5, 0.6) is 0 Å². The Labute approximate surface area is 92.5 Å². The van der Waals surface area contributed by atoms with Crippen LogP contribution in [-0.4, -0.2) is 25.1 Å². The van der Waals surface area contributed by atoms with Crippen LogP contribution in [0, 0.1) is 0 Å². The van der Waals surface area contributed by atoms with Crippen molar-refractivity contribution in [1.82, 2.24) is 5.16 Å². The Morgan fingerprint density at radius 1 is 1.53 bits per heavy atom. The number of nitrogens with two attached hydrogens (primary N) is 1. The van der Waals surface area contributed by atoms with Crippen LogP contribution in [0.2, 0.25) is 5.15 Å². The molecular weight excluding hydrogens is 240 g/mol. The largest absolute Gasteiger partial charge is 0.393 e. The first kappa shape index (κ1) is 10.8. The van der Waals surface area contributed by atoms with E-state index in [0.717, 1.165) is 6.42 Å². The van der Waals surface area contributed by atoms with Gasteiger partial charge in [0, 0.05) is 5.92 Å². The van der Waals surface area contributed by atoms with E-state index in [0.29, 0.717) is 12.2 Å². The van der Waals surface area contributed by atoms with Gasteiger partial charge in [-0.25, -0.2) is 8.42 Å². The van der Waals surface area contributed by atoms with E-state index in [-0.39, 0.29) is 28.3 Å². The van der Waals surface area contributed by atoms with E-state index < -0.39 is 9.84 Å². The van der Waals surface area contributed by atoms with Gasteiger partial charge >= 0.3 is 0 Å². The maximum atomic E-state index is 11.4. The highest BCUT2D eigenvalue weighted by Gasteiger charge is 2.30. The number of sulfone groups is 1. The fourth-order valence-electron chi connectivity index (χ4n) is 1.81. The number of hydrogen-bond donors (Lipinski definition) is 1. The van der Waals surface area contributed by atoms with Crippen molar-refractivity contribution in [3.05, 3.63) is 10.9 Å². The fraction of sp³-hybridized carbons (Fsp3) is 0.625. The molecular formula is C8H11ClN2O3S. The third-order valence-corrected chi connectivity index (χ3v) is 4.64. The van der Waals surface area contributed by atoms with E-state index in [9.17, 15) is 8.42 Å². The first-order valence-electron chi connectivity index (χ1n) is 4.60. The molecule has 2 heterocycles. The van der Waals surface area contributed by atoms with Gasteiger partial charge in [-0.1, -0.05) is 16.8 Å². The molecule has 0 amide bonds. The Morgan fingerprint density at radius 3 is 2.80 bits per heavy atom. The van der Waals surface area contributed by atoms with Crippen molar-refractivity contribution >= 4 is 27.1 Å². The third-order valence-electron chi connectivity index (χ3n) is 2.55. The molecule has 2 rings (SSSR count). The molecule has 15 heavy (non-hydrogen) atoms. The molecule has 7 heteroatoms. The molecule has 1 unspecified atom stereocenters. The second kappa shape index (κ2) is 3.68. The minimum absolute atomic E-state index is 0.0721. The number of nitrogen functional groups attached to an aromatic ring is 1. The van der Waals surface area contributed by atoms with Crippen LogP contribution in [0.15, 0.2) is 4.52 Å². The monoisotopic (exact) mass is 250 g/mol. The number of rotatable bonds is 1. The number of aromatic nitrogens is 1. The summed E-state index contributed by atoms with van der Waals surface area (Å²) in [7, 11) is -2.97. The normalized spacial score (nSPS) is 25.3. The Balaban J connectivity index is 2.28. The molecule has 1 saturated heterocycles. The van der Waals surface area contributed by atoms with Gasteiger partial charge in [-0.2, -0.15) is 0 Å². The van der Waals surface area contributed by atoms with Crippen LogP contribution < -0.4 is 5.73 Å². The topological polar surface area (TPSA) is 86.2 Å². The van der Waals surface area contributed by atoms with Gasteiger partial charge in [-0.05, 0) is 12.8 Å². The van der Waals surface area contributed by atoms with Gasteiger partial charge in [0.25, 0.3) is 0 Å². The summed E-state index contributed by atoms with van der Waals surface area (Å²) >= 11 is 5.64. The lowest BCUT2D eigenvalue weighted by molar-refractivity contribution is 0.358. The summed E-state index contributed by atoms with van der Waals surface area (Å²) in [4.78, 5) is 0. The quantitative estimate of drug-likeness (QED) is 0.809. The first-order valence-corrected chi connectivity index (χ1v) is 6.80. The highest BCUT2D eigenvalue weighted by molar-refractivity contribution is 7.91. The fourth-order valence-corrected chi connectivity index (χ4v) is 3.65. The molecule has 1 aliphatic heterocycles. The molecule has 0 saturated carbocycles. The third kappa shape index (κ3) is 2.10. The van der Waals surface area contributed by atoms with Gasteiger partial charge in [0.05, 0.1) is 11.5 Å². The van der Waals surface area contributed by atoms with Crippen LogP contribution in [0.1, 0.15) is 24.5 Å². The molecule has 2 N–H and O–H groups in total. The van der Waals surface area contributed by atoms with Gasteiger partial charge in [-0.3, -0.25) is 0 Å². The van der Waals surface area contributed by atoms with Gasteiger partial charge < -0.3 is 10.3 Å². The molecule has 1 aromatic rings. The molecule has 0 aromatic carbocycles. The van der Waals surface area contributed by atoms with E-state index in [2.05, 4.69) is 5.16 Å². The zero-order valence-electron chi connectivity index (χ0n) is 7.94. The summed E-state index contributed by atoms with van der Waals surface area (Å²) < 4.78 is 27.8. The van der Waals surface area contributed by atoms with Crippen molar-refractivity contribution in [3.63, 3.8) is 0 Å². The number of halogens is 1. The minimum atomic E-state index is -2.97. The average molecular weight is 251 g/mol. The second-order valence-electron chi connectivity index (χ2n) is 3.70. The van der Waals surface area contributed by atoms with Crippen molar-refractivity contribution in [2.45, 2.75) is 18.8 Å². The zero-order chi connectivity index (χ0) is 11.1. The Hall–Kier alpha value is -0.750.